The van der Waals surface area contributed by atoms with Crippen LogP contribution in [0.5, 0.6) is 0 Å². The Bertz CT molecular complexity index is 510. The van der Waals surface area contributed by atoms with Crippen LogP contribution >= 0.6 is 11.3 Å². The van der Waals surface area contributed by atoms with Gasteiger partial charge in [0.15, 0.2) is 0 Å². The molecule has 2 rings (SSSR count). The first-order chi connectivity index (χ1) is 8.17. The van der Waals surface area contributed by atoms with Crippen LogP contribution in [0, 0.1) is 6.92 Å². The van der Waals surface area contributed by atoms with Crippen molar-refractivity contribution in [3.8, 4) is 0 Å². The van der Waals surface area contributed by atoms with Crippen LogP contribution in [0.1, 0.15) is 9.88 Å². The lowest BCUT2D eigenvalue weighted by molar-refractivity contribution is 1.09. The van der Waals surface area contributed by atoms with Gasteiger partial charge in [0.25, 0.3) is 0 Å². The van der Waals surface area contributed by atoms with Gasteiger partial charge >= 0.3 is 0 Å². The SMILES string of the molecule is Cc1ncc(CNc2cc(NN)nc(N)n2)s1. The molecule has 0 aromatic carbocycles. The molecule has 7 nitrogen and oxygen atoms in total. The second-order valence-electron chi connectivity index (χ2n) is 3.34. The average molecular weight is 251 g/mol. The average Bonchev–Trinajstić information content (AvgIpc) is 2.72. The molecule has 0 bridgehead atoms. The molecule has 6 N–H and O–H groups in total. The van der Waals surface area contributed by atoms with E-state index >= 15 is 0 Å². The fourth-order valence-corrected chi connectivity index (χ4v) is 2.03. The van der Waals surface area contributed by atoms with Crippen molar-refractivity contribution in [1.82, 2.24) is 15.0 Å². The minimum absolute atomic E-state index is 0.170. The number of nitrogens with zero attached hydrogens (tertiary/aromatic N) is 3. The molecular weight excluding hydrogens is 238 g/mol. The summed E-state index contributed by atoms with van der Waals surface area (Å²) in [6.07, 6.45) is 1.83. The van der Waals surface area contributed by atoms with Gasteiger partial charge in [0.2, 0.25) is 5.95 Å². The van der Waals surface area contributed by atoms with E-state index in [4.69, 9.17) is 11.6 Å². The molecule has 2 aromatic rings. The topological polar surface area (TPSA) is 115 Å². The first-order valence-electron chi connectivity index (χ1n) is 4.93. The van der Waals surface area contributed by atoms with Crippen molar-refractivity contribution in [3.05, 3.63) is 22.1 Å². The van der Waals surface area contributed by atoms with Gasteiger partial charge in [-0.2, -0.15) is 9.97 Å². The van der Waals surface area contributed by atoms with Crippen LogP contribution < -0.4 is 22.3 Å². The van der Waals surface area contributed by atoms with E-state index in [0.717, 1.165) is 9.88 Å². The highest BCUT2D eigenvalue weighted by Crippen LogP contribution is 2.15. The Kier molecular flexibility index (Phi) is 3.35. The Morgan fingerprint density at radius 3 is 2.76 bits per heavy atom. The second-order valence-corrected chi connectivity index (χ2v) is 4.66. The lowest BCUT2D eigenvalue weighted by atomic mass is 10.5. The molecule has 0 saturated carbocycles. The fraction of sp³-hybridized carbons (Fsp3) is 0.222. The summed E-state index contributed by atoms with van der Waals surface area (Å²) in [4.78, 5) is 13.2. The third-order valence-electron chi connectivity index (χ3n) is 2.00. The van der Waals surface area contributed by atoms with Crippen LogP contribution in [-0.2, 0) is 6.54 Å². The van der Waals surface area contributed by atoms with Gasteiger partial charge in [0.1, 0.15) is 11.6 Å². The largest absolute Gasteiger partial charge is 0.368 e. The van der Waals surface area contributed by atoms with Gasteiger partial charge in [-0.25, -0.2) is 10.8 Å². The molecule has 0 atom stereocenters. The molecule has 90 valence electrons. The van der Waals surface area contributed by atoms with E-state index in [1.54, 1.807) is 17.4 Å². The van der Waals surface area contributed by atoms with Crippen molar-refractivity contribution in [1.29, 1.82) is 0 Å². The predicted molar refractivity (Wildman–Crippen MR) is 68.4 cm³/mol. The molecule has 0 unspecified atom stereocenters. The zero-order valence-corrected chi connectivity index (χ0v) is 10.1. The molecular formula is C9H13N7S. The van der Waals surface area contributed by atoms with Crippen molar-refractivity contribution in [2.24, 2.45) is 5.84 Å². The van der Waals surface area contributed by atoms with Gasteiger partial charge in [-0.1, -0.05) is 0 Å². The maximum atomic E-state index is 5.54. The van der Waals surface area contributed by atoms with E-state index in [2.05, 4.69) is 25.7 Å². The standard InChI is InChI=1S/C9H13N7S/c1-5-12-3-6(17-5)4-13-7-2-8(16-11)15-9(10)14-7/h2-3H,4,11H2,1H3,(H4,10,13,14,15,16). The summed E-state index contributed by atoms with van der Waals surface area (Å²) >= 11 is 1.63. The normalized spacial score (nSPS) is 10.2. The van der Waals surface area contributed by atoms with E-state index in [-0.39, 0.29) is 5.95 Å². The number of aryl methyl sites for hydroxylation is 1. The Labute approximate surface area is 102 Å². The highest BCUT2D eigenvalue weighted by atomic mass is 32.1. The van der Waals surface area contributed by atoms with Gasteiger partial charge in [0, 0.05) is 17.1 Å². The summed E-state index contributed by atoms with van der Waals surface area (Å²) < 4.78 is 0. The number of anilines is 3. The Balaban J connectivity index is 2.05. The summed E-state index contributed by atoms with van der Waals surface area (Å²) in [6.45, 7) is 2.61. The highest BCUT2D eigenvalue weighted by molar-refractivity contribution is 7.11. The number of rotatable bonds is 4. The van der Waals surface area contributed by atoms with Crippen LogP contribution in [0.3, 0.4) is 0 Å². The Morgan fingerprint density at radius 1 is 1.35 bits per heavy atom. The molecule has 0 aliphatic carbocycles. The van der Waals surface area contributed by atoms with E-state index in [9.17, 15) is 0 Å². The fourth-order valence-electron chi connectivity index (χ4n) is 1.30. The first-order valence-corrected chi connectivity index (χ1v) is 5.75. The monoisotopic (exact) mass is 251 g/mol. The van der Waals surface area contributed by atoms with Crippen molar-refractivity contribution in [2.75, 3.05) is 16.5 Å². The van der Waals surface area contributed by atoms with Gasteiger partial charge in [-0.05, 0) is 6.92 Å². The lowest BCUT2D eigenvalue weighted by Gasteiger charge is -2.06. The van der Waals surface area contributed by atoms with Crippen LogP contribution in [0.15, 0.2) is 12.3 Å². The lowest BCUT2D eigenvalue weighted by Crippen LogP contribution is -2.11. The van der Waals surface area contributed by atoms with Crippen LogP contribution in [0.25, 0.3) is 0 Å². The first kappa shape index (κ1) is 11.6. The van der Waals surface area contributed by atoms with Crippen LogP contribution in [0.4, 0.5) is 17.6 Å². The van der Waals surface area contributed by atoms with Crippen molar-refractivity contribution < 1.29 is 0 Å². The van der Waals surface area contributed by atoms with Gasteiger partial charge in [0.05, 0.1) is 11.6 Å². The maximum absolute atomic E-state index is 5.54. The number of nitrogens with two attached hydrogens (primary N) is 2. The number of hydrazine groups is 1. The van der Waals surface area contributed by atoms with Crippen molar-refractivity contribution in [2.45, 2.75) is 13.5 Å². The number of hydrogen-bond donors (Lipinski definition) is 4. The van der Waals surface area contributed by atoms with Crippen LogP contribution in [-0.4, -0.2) is 15.0 Å². The van der Waals surface area contributed by atoms with Gasteiger partial charge in [-0.15, -0.1) is 11.3 Å². The molecule has 0 saturated heterocycles. The number of nitrogens with one attached hydrogen (secondary N) is 2. The van der Waals surface area contributed by atoms with Crippen molar-refractivity contribution >= 4 is 28.9 Å². The molecule has 0 aliphatic heterocycles. The summed E-state index contributed by atoms with van der Waals surface area (Å²) in [6, 6.07) is 1.68. The zero-order chi connectivity index (χ0) is 12.3. The van der Waals surface area contributed by atoms with Crippen molar-refractivity contribution in [3.63, 3.8) is 0 Å². The highest BCUT2D eigenvalue weighted by Gasteiger charge is 2.02. The van der Waals surface area contributed by atoms with Gasteiger partial charge < -0.3 is 16.5 Å². The summed E-state index contributed by atoms with van der Waals surface area (Å²) in [5.74, 6) is 6.53. The number of nitrogen functional groups attached to an aromatic ring is 2. The molecule has 8 heteroatoms. The molecule has 2 heterocycles. The van der Waals surface area contributed by atoms with E-state index in [0.29, 0.717) is 18.2 Å². The molecule has 0 fully saturated rings. The molecule has 0 aliphatic rings. The zero-order valence-electron chi connectivity index (χ0n) is 9.27. The third kappa shape index (κ3) is 3.02. The summed E-state index contributed by atoms with van der Waals surface area (Å²) in [5.41, 5.74) is 7.97. The number of hydrogen-bond acceptors (Lipinski definition) is 8. The van der Waals surface area contributed by atoms with Crippen LogP contribution in [0.2, 0.25) is 0 Å². The molecule has 17 heavy (non-hydrogen) atoms. The predicted octanol–water partition coefficient (Wildman–Crippen LogP) is 0.721. The molecule has 0 spiro atoms. The van der Waals surface area contributed by atoms with Gasteiger partial charge in [-0.3, -0.25) is 0 Å². The Morgan fingerprint density at radius 2 is 2.12 bits per heavy atom. The minimum atomic E-state index is 0.170. The second kappa shape index (κ2) is 4.93. The minimum Gasteiger partial charge on any atom is -0.368 e. The van der Waals surface area contributed by atoms with E-state index in [1.807, 2.05) is 13.1 Å². The van der Waals surface area contributed by atoms with E-state index in [1.165, 1.54) is 0 Å². The smallest absolute Gasteiger partial charge is 0.223 e. The summed E-state index contributed by atoms with van der Waals surface area (Å²) in [7, 11) is 0. The number of thiazole rings is 1. The van der Waals surface area contributed by atoms with E-state index < -0.39 is 0 Å². The molecule has 0 amide bonds. The quantitative estimate of drug-likeness (QED) is 0.467. The summed E-state index contributed by atoms with van der Waals surface area (Å²) in [5, 5.41) is 4.17. The maximum Gasteiger partial charge on any atom is 0.223 e. The number of aromatic nitrogens is 3. The molecule has 2 aromatic heterocycles. The third-order valence-corrected chi connectivity index (χ3v) is 2.92. The molecule has 0 radical (unpaired) electrons. The Hall–Kier alpha value is -1.93.